The zero-order valence-corrected chi connectivity index (χ0v) is 24.4. The van der Waals surface area contributed by atoms with Crippen molar-refractivity contribution >= 4 is 44.0 Å². The topological polar surface area (TPSA) is 108 Å². The largest absolute Gasteiger partial charge is 0.379 e. The number of fused-ring (bicyclic) bond motifs is 4. The standard InChI is InChI=1S/C30H36N6O4S/c1-34-26-19-31-24-5-4-20(16-23(24)27(26)30(29(34)37)8-3-9-30)21-17-25(33-41(2,38)39)28(32-18-21)36-10-6-22(7-11-36)35-12-14-40-15-13-35/h4-5,16-19,22,33H,3,6-15H2,1-2H3. The maximum absolute atomic E-state index is 13.3. The summed E-state index contributed by atoms with van der Waals surface area (Å²) in [5.41, 5.74) is 4.55. The van der Waals surface area contributed by atoms with Crippen LogP contribution in [0, 0.1) is 0 Å². The van der Waals surface area contributed by atoms with Crippen molar-refractivity contribution in [2.75, 3.05) is 67.2 Å². The molecule has 7 rings (SSSR count). The van der Waals surface area contributed by atoms with E-state index < -0.39 is 15.4 Å². The summed E-state index contributed by atoms with van der Waals surface area (Å²) in [6, 6.07) is 8.45. The van der Waals surface area contributed by atoms with Crippen molar-refractivity contribution in [2.24, 2.45) is 0 Å². The normalized spacial score (nSPS) is 21.4. The molecule has 1 aromatic carbocycles. The number of sulfonamides is 1. The number of carbonyl (C=O) groups excluding carboxylic acids is 1. The summed E-state index contributed by atoms with van der Waals surface area (Å²) in [5, 5.41) is 0.976. The van der Waals surface area contributed by atoms with Crippen LogP contribution >= 0.6 is 0 Å². The molecule has 1 N–H and O–H groups in total. The second-order valence-corrected chi connectivity index (χ2v) is 13.6. The maximum Gasteiger partial charge on any atom is 0.237 e. The molecule has 2 saturated heterocycles. The molecule has 0 atom stereocenters. The van der Waals surface area contributed by atoms with Crippen molar-refractivity contribution in [1.29, 1.82) is 0 Å². The second kappa shape index (κ2) is 9.92. The number of aromatic nitrogens is 2. The van der Waals surface area contributed by atoms with E-state index >= 15 is 0 Å². The number of nitrogens with zero attached hydrogens (tertiary/aromatic N) is 5. The number of hydrogen-bond donors (Lipinski definition) is 1. The van der Waals surface area contributed by atoms with Crippen LogP contribution in [0.4, 0.5) is 17.2 Å². The highest BCUT2D eigenvalue weighted by Gasteiger charge is 2.54. The van der Waals surface area contributed by atoms with E-state index in [0.29, 0.717) is 17.5 Å². The number of hydrogen-bond acceptors (Lipinski definition) is 8. The fraction of sp³-hybridized carbons (Fsp3) is 0.500. The third kappa shape index (κ3) is 4.54. The molecule has 41 heavy (non-hydrogen) atoms. The first-order valence-corrected chi connectivity index (χ1v) is 16.4. The lowest BCUT2D eigenvalue weighted by Gasteiger charge is -2.40. The number of anilines is 3. The lowest BCUT2D eigenvalue weighted by Crippen LogP contribution is -2.49. The Kier molecular flexibility index (Phi) is 6.44. The van der Waals surface area contributed by atoms with E-state index in [2.05, 4.69) is 25.6 Å². The molecule has 1 saturated carbocycles. The van der Waals surface area contributed by atoms with Gasteiger partial charge in [-0.3, -0.25) is 19.4 Å². The number of likely N-dealkylation sites (N-methyl/N-ethyl adjacent to an activating group) is 1. The number of ether oxygens (including phenoxy) is 1. The van der Waals surface area contributed by atoms with E-state index in [4.69, 9.17) is 9.72 Å². The summed E-state index contributed by atoms with van der Waals surface area (Å²) >= 11 is 0. The molecule has 1 aliphatic carbocycles. The lowest BCUT2D eigenvalue weighted by atomic mass is 9.64. The number of benzene rings is 1. The average Bonchev–Trinajstić information content (AvgIpc) is 3.19. The van der Waals surface area contributed by atoms with Gasteiger partial charge in [0.1, 0.15) is 0 Å². The SMILES string of the molecule is CN1C(=O)C2(CCC2)c2c1cnc1ccc(-c3cnc(N4CCC(N5CCOCC5)CC4)c(NS(C)(=O)=O)c3)cc21. The van der Waals surface area contributed by atoms with Gasteiger partial charge in [-0.05, 0) is 49.4 Å². The van der Waals surface area contributed by atoms with Crippen LogP contribution in [-0.4, -0.2) is 87.9 Å². The number of morpholine rings is 1. The van der Waals surface area contributed by atoms with Crippen LogP contribution in [0.15, 0.2) is 36.7 Å². The van der Waals surface area contributed by atoms with Gasteiger partial charge in [0, 0.05) is 62.0 Å². The number of rotatable bonds is 5. The molecule has 10 nitrogen and oxygen atoms in total. The summed E-state index contributed by atoms with van der Waals surface area (Å²) in [4.78, 5) is 29.2. The number of nitrogens with one attached hydrogen (secondary N) is 1. The minimum atomic E-state index is -3.52. The van der Waals surface area contributed by atoms with E-state index in [9.17, 15) is 13.2 Å². The van der Waals surface area contributed by atoms with E-state index in [-0.39, 0.29) is 5.91 Å². The van der Waals surface area contributed by atoms with Gasteiger partial charge in [-0.15, -0.1) is 0 Å². The monoisotopic (exact) mass is 576 g/mol. The number of amides is 1. The van der Waals surface area contributed by atoms with Crippen molar-refractivity contribution in [3.05, 3.63) is 42.2 Å². The summed E-state index contributed by atoms with van der Waals surface area (Å²) in [7, 11) is -1.69. The Morgan fingerprint density at radius 1 is 1.00 bits per heavy atom. The smallest absolute Gasteiger partial charge is 0.237 e. The van der Waals surface area contributed by atoms with Gasteiger partial charge >= 0.3 is 0 Å². The first-order valence-electron chi connectivity index (χ1n) is 14.5. The summed E-state index contributed by atoms with van der Waals surface area (Å²) in [6.45, 7) is 5.12. The second-order valence-electron chi connectivity index (χ2n) is 11.9. The Hall–Kier alpha value is -3.28. The number of pyridine rings is 2. The average molecular weight is 577 g/mol. The van der Waals surface area contributed by atoms with Gasteiger partial charge in [-0.25, -0.2) is 13.4 Å². The van der Waals surface area contributed by atoms with Gasteiger partial charge in [0.2, 0.25) is 15.9 Å². The van der Waals surface area contributed by atoms with Crippen molar-refractivity contribution < 1.29 is 17.9 Å². The van der Waals surface area contributed by atoms with E-state index in [1.807, 2.05) is 37.6 Å². The van der Waals surface area contributed by atoms with Crippen LogP contribution in [0.3, 0.4) is 0 Å². The molecule has 5 heterocycles. The van der Waals surface area contributed by atoms with Crippen LogP contribution in [-0.2, 0) is 25.0 Å². The molecule has 3 aromatic rings. The fourth-order valence-corrected chi connectivity index (χ4v) is 7.73. The predicted molar refractivity (Wildman–Crippen MR) is 160 cm³/mol. The summed E-state index contributed by atoms with van der Waals surface area (Å²) in [6.07, 6.45) is 9.56. The van der Waals surface area contributed by atoms with Gasteiger partial charge in [0.15, 0.2) is 5.82 Å². The fourth-order valence-electron chi connectivity index (χ4n) is 7.18. The summed E-state index contributed by atoms with van der Waals surface area (Å²) < 4.78 is 33.0. The van der Waals surface area contributed by atoms with Gasteiger partial charge < -0.3 is 14.5 Å². The number of carbonyl (C=O) groups is 1. The van der Waals surface area contributed by atoms with Crippen molar-refractivity contribution in [1.82, 2.24) is 14.9 Å². The Bertz CT molecular complexity index is 1630. The Labute approximate surface area is 240 Å². The molecule has 0 unspecified atom stereocenters. The molecular formula is C30H36N6O4S. The molecule has 3 aliphatic heterocycles. The highest BCUT2D eigenvalue weighted by Crippen LogP contribution is 2.55. The van der Waals surface area contributed by atoms with Gasteiger partial charge in [-0.1, -0.05) is 12.5 Å². The first-order chi connectivity index (χ1) is 19.7. The molecule has 2 aromatic heterocycles. The van der Waals surface area contributed by atoms with Crippen molar-refractivity contribution in [3.8, 4) is 11.1 Å². The van der Waals surface area contributed by atoms with Gasteiger partial charge in [0.05, 0.1) is 48.0 Å². The van der Waals surface area contributed by atoms with Crippen molar-refractivity contribution in [2.45, 2.75) is 43.6 Å². The lowest BCUT2D eigenvalue weighted by molar-refractivity contribution is -0.125. The molecule has 4 aliphatic rings. The van der Waals surface area contributed by atoms with E-state index in [1.165, 1.54) is 6.26 Å². The molecule has 0 bridgehead atoms. The Morgan fingerprint density at radius 3 is 2.44 bits per heavy atom. The van der Waals surface area contributed by atoms with Crippen LogP contribution < -0.4 is 14.5 Å². The highest BCUT2D eigenvalue weighted by atomic mass is 32.2. The number of piperidine rings is 1. The molecular weight excluding hydrogens is 540 g/mol. The minimum absolute atomic E-state index is 0.154. The van der Waals surface area contributed by atoms with Crippen LogP contribution in [0.1, 0.15) is 37.7 Å². The predicted octanol–water partition coefficient (Wildman–Crippen LogP) is 3.37. The molecule has 3 fully saturated rings. The van der Waals surface area contributed by atoms with E-state index in [0.717, 1.165) is 105 Å². The molecule has 216 valence electrons. The Morgan fingerprint density at radius 2 is 1.76 bits per heavy atom. The molecule has 0 radical (unpaired) electrons. The van der Waals surface area contributed by atoms with Gasteiger partial charge in [0.25, 0.3) is 0 Å². The van der Waals surface area contributed by atoms with E-state index in [1.54, 1.807) is 4.90 Å². The molecule has 1 amide bonds. The third-order valence-electron chi connectivity index (χ3n) is 9.43. The molecule has 11 heteroatoms. The van der Waals surface area contributed by atoms with Crippen LogP contribution in [0.2, 0.25) is 0 Å². The first kappa shape index (κ1) is 26.6. The Balaban J connectivity index is 1.23. The summed E-state index contributed by atoms with van der Waals surface area (Å²) in [5.74, 6) is 0.810. The zero-order valence-electron chi connectivity index (χ0n) is 23.6. The molecule has 1 spiro atoms. The third-order valence-corrected chi connectivity index (χ3v) is 10.0. The van der Waals surface area contributed by atoms with Crippen molar-refractivity contribution in [3.63, 3.8) is 0 Å². The van der Waals surface area contributed by atoms with Gasteiger partial charge in [-0.2, -0.15) is 0 Å². The quantitative estimate of drug-likeness (QED) is 0.493. The van der Waals surface area contributed by atoms with Crippen LogP contribution in [0.25, 0.3) is 22.0 Å². The van der Waals surface area contributed by atoms with Crippen LogP contribution in [0.5, 0.6) is 0 Å². The highest BCUT2D eigenvalue weighted by molar-refractivity contribution is 7.92. The minimum Gasteiger partial charge on any atom is -0.379 e. The maximum atomic E-state index is 13.3. The zero-order chi connectivity index (χ0) is 28.4.